The second-order valence-electron chi connectivity index (χ2n) is 4.99. The molecule has 2 aromatic rings. The molecule has 2 rings (SSSR count). The van der Waals surface area contributed by atoms with E-state index in [1.54, 1.807) is 12.0 Å². The van der Waals surface area contributed by atoms with E-state index in [0.717, 1.165) is 17.7 Å². The number of hydrogen-bond donors (Lipinski definition) is 1. The molecule has 0 fully saturated rings. The van der Waals surface area contributed by atoms with E-state index in [-0.39, 0.29) is 12.6 Å². The maximum Gasteiger partial charge on any atom is 0.317 e. The van der Waals surface area contributed by atoms with Gasteiger partial charge in [0.05, 0.1) is 7.11 Å². The summed E-state index contributed by atoms with van der Waals surface area (Å²) in [6.07, 6.45) is 0.894. The normalized spacial score (nSPS) is 10.4. The highest BCUT2D eigenvalue weighted by atomic mass is 16.5. The van der Waals surface area contributed by atoms with Gasteiger partial charge < -0.3 is 19.5 Å². The summed E-state index contributed by atoms with van der Waals surface area (Å²) in [6, 6.07) is 7.26. The van der Waals surface area contributed by atoms with E-state index in [2.05, 4.69) is 15.5 Å². The summed E-state index contributed by atoms with van der Waals surface area (Å²) in [5, 5.41) is 6.80. The first-order valence-electron chi connectivity index (χ1n) is 7.67. The average Bonchev–Trinajstić information content (AvgIpc) is 3.06. The lowest BCUT2D eigenvalue weighted by atomic mass is 10.2. The van der Waals surface area contributed by atoms with Crippen LogP contribution < -0.4 is 10.1 Å². The summed E-state index contributed by atoms with van der Waals surface area (Å²) in [6.45, 7) is 5.42. The van der Waals surface area contributed by atoms with Gasteiger partial charge >= 0.3 is 6.03 Å². The number of methoxy groups -OCH3 is 1. The third kappa shape index (κ3) is 4.45. The molecule has 0 aliphatic carbocycles. The van der Waals surface area contributed by atoms with Crippen LogP contribution in [-0.2, 0) is 6.54 Å². The van der Waals surface area contributed by atoms with Crippen LogP contribution in [0.5, 0.6) is 5.75 Å². The maximum absolute atomic E-state index is 12.0. The first-order valence-corrected chi connectivity index (χ1v) is 7.67. The molecule has 7 heteroatoms. The number of ether oxygens (including phenoxy) is 1. The van der Waals surface area contributed by atoms with Crippen molar-refractivity contribution in [2.45, 2.75) is 26.8 Å². The largest absolute Gasteiger partial charge is 0.497 e. The van der Waals surface area contributed by atoms with Gasteiger partial charge in [-0.15, -0.1) is 0 Å². The molecule has 0 spiro atoms. The van der Waals surface area contributed by atoms with Crippen molar-refractivity contribution in [1.29, 1.82) is 0 Å². The molecule has 124 valence electrons. The Morgan fingerprint density at radius 2 is 2.04 bits per heavy atom. The van der Waals surface area contributed by atoms with Gasteiger partial charge in [-0.3, -0.25) is 0 Å². The Balaban J connectivity index is 2.04. The molecule has 7 nitrogen and oxygen atoms in total. The Kier molecular flexibility index (Phi) is 5.96. The molecular formula is C16H22N4O3. The molecule has 0 radical (unpaired) electrons. The number of hydrogen-bond acceptors (Lipinski definition) is 5. The van der Waals surface area contributed by atoms with Gasteiger partial charge in [-0.2, -0.15) is 4.98 Å². The summed E-state index contributed by atoms with van der Waals surface area (Å²) >= 11 is 0. The van der Waals surface area contributed by atoms with E-state index < -0.39 is 0 Å². The number of carbonyl (C=O) groups excluding carboxylic acids is 1. The molecule has 0 saturated carbocycles. The molecule has 0 unspecified atom stereocenters. The molecule has 0 bridgehead atoms. The zero-order valence-corrected chi connectivity index (χ0v) is 13.7. The average molecular weight is 318 g/mol. The minimum Gasteiger partial charge on any atom is -0.497 e. The van der Waals surface area contributed by atoms with Gasteiger partial charge in [0, 0.05) is 18.7 Å². The predicted octanol–water partition coefficient (Wildman–Crippen LogP) is 2.69. The van der Waals surface area contributed by atoms with Crippen molar-refractivity contribution in [3.8, 4) is 17.1 Å². The van der Waals surface area contributed by atoms with Crippen LogP contribution in [-0.4, -0.2) is 41.3 Å². The zero-order chi connectivity index (χ0) is 16.7. The quantitative estimate of drug-likeness (QED) is 0.849. The van der Waals surface area contributed by atoms with Crippen LogP contribution in [0.15, 0.2) is 28.8 Å². The van der Waals surface area contributed by atoms with E-state index in [1.165, 1.54) is 0 Å². The summed E-state index contributed by atoms with van der Waals surface area (Å²) in [7, 11) is 1.62. The molecule has 2 amide bonds. The topological polar surface area (TPSA) is 80.5 Å². The van der Waals surface area contributed by atoms with Crippen LogP contribution in [0.4, 0.5) is 4.79 Å². The lowest BCUT2D eigenvalue weighted by Gasteiger charge is -2.19. The minimum atomic E-state index is -0.126. The van der Waals surface area contributed by atoms with Crippen LogP contribution in [0, 0.1) is 0 Å². The highest BCUT2D eigenvalue weighted by Gasteiger charge is 2.16. The molecule has 1 aromatic heterocycles. The van der Waals surface area contributed by atoms with Crippen LogP contribution in [0.3, 0.4) is 0 Å². The molecule has 0 aliphatic rings. The highest BCUT2D eigenvalue weighted by molar-refractivity contribution is 5.74. The number of rotatable bonds is 7. The summed E-state index contributed by atoms with van der Waals surface area (Å²) in [5.41, 5.74) is 0.833. The SMILES string of the molecule is CCCNC(=O)N(CC)Cc1nc(-c2ccc(OC)cc2)no1. The minimum absolute atomic E-state index is 0.126. The Hall–Kier alpha value is -2.57. The lowest BCUT2D eigenvalue weighted by molar-refractivity contribution is 0.189. The molecule has 0 aliphatic heterocycles. The number of urea groups is 1. The fourth-order valence-corrected chi connectivity index (χ4v) is 2.01. The molecule has 23 heavy (non-hydrogen) atoms. The predicted molar refractivity (Wildman–Crippen MR) is 86.1 cm³/mol. The fraction of sp³-hybridized carbons (Fsp3) is 0.438. The molecule has 1 aromatic carbocycles. The summed E-state index contributed by atoms with van der Waals surface area (Å²) in [5.74, 6) is 1.67. The van der Waals surface area contributed by atoms with Crippen LogP contribution in [0.2, 0.25) is 0 Å². The van der Waals surface area contributed by atoms with E-state index >= 15 is 0 Å². The standard InChI is InChI=1S/C16H22N4O3/c1-4-10-17-16(21)20(5-2)11-14-18-15(19-23-14)12-6-8-13(22-3)9-7-12/h6-9H,4-5,10-11H2,1-3H3,(H,17,21). The number of carbonyl (C=O) groups is 1. The van der Waals surface area contributed by atoms with Gasteiger partial charge in [0.25, 0.3) is 0 Å². The molecule has 0 saturated heterocycles. The number of nitrogens with one attached hydrogen (secondary N) is 1. The van der Waals surface area contributed by atoms with Gasteiger partial charge in [-0.05, 0) is 37.6 Å². The molecule has 0 atom stereocenters. The van der Waals surface area contributed by atoms with Crippen LogP contribution in [0.1, 0.15) is 26.2 Å². The van der Waals surface area contributed by atoms with Crippen molar-refractivity contribution < 1.29 is 14.1 Å². The van der Waals surface area contributed by atoms with Crippen molar-refractivity contribution in [1.82, 2.24) is 20.4 Å². The third-order valence-electron chi connectivity index (χ3n) is 3.34. The third-order valence-corrected chi connectivity index (χ3v) is 3.34. The first-order chi connectivity index (χ1) is 11.2. The number of benzene rings is 1. The zero-order valence-electron chi connectivity index (χ0n) is 13.7. The van der Waals surface area contributed by atoms with Crippen molar-refractivity contribution in [2.24, 2.45) is 0 Å². The Labute approximate surface area is 135 Å². The van der Waals surface area contributed by atoms with E-state index in [1.807, 2.05) is 38.1 Å². The van der Waals surface area contributed by atoms with Crippen LogP contribution >= 0.6 is 0 Å². The van der Waals surface area contributed by atoms with Gasteiger partial charge in [-0.1, -0.05) is 12.1 Å². The Morgan fingerprint density at radius 3 is 2.65 bits per heavy atom. The second-order valence-corrected chi connectivity index (χ2v) is 4.99. The Morgan fingerprint density at radius 1 is 1.30 bits per heavy atom. The van der Waals surface area contributed by atoms with Crippen molar-refractivity contribution in [2.75, 3.05) is 20.2 Å². The Bertz CT molecular complexity index is 625. The number of aromatic nitrogens is 2. The number of nitrogens with zero attached hydrogens (tertiary/aromatic N) is 3. The lowest BCUT2D eigenvalue weighted by Crippen LogP contribution is -2.39. The van der Waals surface area contributed by atoms with Crippen LogP contribution in [0.25, 0.3) is 11.4 Å². The molecule has 1 heterocycles. The highest BCUT2D eigenvalue weighted by Crippen LogP contribution is 2.20. The monoisotopic (exact) mass is 318 g/mol. The second kappa shape index (κ2) is 8.17. The molecular weight excluding hydrogens is 296 g/mol. The summed E-state index contributed by atoms with van der Waals surface area (Å²) < 4.78 is 10.4. The van der Waals surface area contributed by atoms with Gasteiger partial charge in [0.1, 0.15) is 12.3 Å². The van der Waals surface area contributed by atoms with Crippen molar-refractivity contribution in [3.63, 3.8) is 0 Å². The van der Waals surface area contributed by atoms with Crippen molar-refractivity contribution >= 4 is 6.03 Å². The smallest absolute Gasteiger partial charge is 0.317 e. The number of amides is 2. The van der Waals surface area contributed by atoms with Gasteiger partial charge in [-0.25, -0.2) is 4.79 Å². The molecule has 1 N–H and O–H groups in total. The van der Waals surface area contributed by atoms with Gasteiger partial charge in [0.15, 0.2) is 0 Å². The van der Waals surface area contributed by atoms with Gasteiger partial charge in [0.2, 0.25) is 11.7 Å². The summed E-state index contributed by atoms with van der Waals surface area (Å²) in [4.78, 5) is 18.0. The van der Waals surface area contributed by atoms with E-state index in [4.69, 9.17) is 9.26 Å². The van der Waals surface area contributed by atoms with E-state index in [0.29, 0.717) is 24.8 Å². The maximum atomic E-state index is 12.0. The first kappa shape index (κ1) is 16.8. The van der Waals surface area contributed by atoms with E-state index in [9.17, 15) is 4.79 Å². The fourth-order valence-electron chi connectivity index (χ4n) is 2.01. The van der Waals surface area contributed by atoms with Crippen molar-refractivity contribution in [3.05, 3.63) is 30.2 Å².